The molecule has 0 bridgehead atoms. The SMILES string of the molecule is CC1CC(C(=O)NC(C)C(N)=O)(C(N)=S)C1. The first kappa shape index (κ1) is 12.9. The lowest BCUT2D eigenvalue weighted by Crippen LogP contribution is -2.58. The van der Waals surface area contributed by atoms with Gasteiger partial charge in [-0.2, -0.15) is 0 Å². The molecule has 1 fully saturated rings. The fourth-order valence-corrected chi connectivity index (χ4v) is 2.29. The van der Waals surface area contributed by atoms with Gasteiger partial charge >= 0.3 is 0 Å². The summed E-state index contributed by atoms with van der Waals surface area (Å²) in [6.07, 6.45) is 1.28. The van der Waals surface area contributed by atoms with Crippen molar-refractivity contribution in [3.63, 3.8) is 0 Å². The highest BCUT2D eigenvalue weighted by molar-refractivity contribution is 7.80. The van der Waals surface area contributed by atoms with E-state index >= 15 is 0 Å². The summed E-state index contributed by atoms with van der Waals surface area (Å²) in [5, 5.41) is 2.54. The van der Waals surface area contributed by atoms with E-state index in [9.17, 15) is 9.59 Å². The molecule has 1 saturated carbocycles. The molecule has 0 heterocycles. The van der Waals surface area contributed by atoms with Crippen molar-refractivity contribution in [2.24, 2.45) is 22.8 Å². The van der Waals surface area contributed by atoms with Gasteiger partial charge < -0.3 is 16.8 Å². The fourth-order valence-electron chi connectivity index (χ4n) is 2.03. The normalized spacial score (nSPS) is 30.0. The minimum Gasteiger partial charge on any atom is -0.392 e. The molecule has 2 amide bonds. The van der Waals surface area contributed by atoms with E-state index in [-0.39, 0.29) is 10.9 Å². The lowest BCUT2D eigenvalue weighted by molar-refractivity contribution is -0.135. The minimum absolute atomic E-state index is 0.194. The zero-order valence-corrected chi connectivity index (χ0v) is 10.3. The summed E-state index contributed by atoms with van der Waals surface area (Å²) in [7, 11) is 0. The Hall–Kier alpha value is -1.17. The number of nitrogens with one attached hydrogen (secondary N) is 1. The van der Waals surface area contributed by atoms with Crippen LogP contribution >= 0.6 is 12.2 Å². The van der Waals surface area contributed by atoms with Gasteiger partial charge in [-0.05, 0) is 25.7 Å². The van der Waals surface area contributed by atoms with Gasteiger partial charge in [-0.3, -0.25) is 9.59 Å². The van der Waals surface area contributed by atoms with E-state index in [1.807, 2.05) is 6.92 Å². The Bertz CT molecular complexity index is 337. The molecule has 1 atom stereocenters. The molecule has 6 heteroatoms. The number of nitrogens with two attached hydrogens (primary N) is 2. The van der Waals surface area contributed by atoms with Crippen molar-refractivity contribution in [1.29, 1.82) is 0 Å². The van der Waals surface area contributed by atoms with E-state index in [2.05, 4.69) is 5.32 Å². The summed E-state index contributed by atoms with van der Waals surface area (Å²) in [5.74, 6) is -0.431. The number of rotatable bonds is 4. The van der Waals surface area contributed by atoms with Crippen molar-refractivity contribution in [1.82, 2.24) is 5.32 Å². The smallest absolute Gasteiger partial charge is 0.239 e. The van der Waals surface area contributed by atoms with Gasteiger partial charge in [0, 0.05) is 0 Å². The Labute approximate surface area is 99.9 Å². The van der Waals surface area contributed by atoms with Gasteiger partial charge in [0.1, 0.15) is 6.04 Å². The molecule has 5 N–H and O–H groups in total. The highest BCUT2D eigenvalue weighted by Crippen LogP contribution is 2.45. The van der Waals surface area contributed by atoms with Crippen molar-refractivity contribution in [2.45, 2.75) is 32.7 Å². The topological polar surface area (TPSA) is 98.2 Å². The quantitative estimate of drug-likeness (QED) is 0.589. The van der Waals surface area contributed by atoms with Crippen molar-refractivity contribution in [2.75, 3.05) is 0 Å². The van der Waals surface area contributed by atoms with Crippen LogP contribution in [-0.2, 0) is 9.59 Å². The van der Waals surface area contributed by atoms with Gasteiger partial charge in [-0.15, -0.1) is 0 Å². The first-order valence-electron chi connectivity index (χ1n) is 5.20. The molecule has 0 aromatic heterocycles. The van der Waals surface area contributed by atoms with Crippen LogP contribution in [0.2, 0.25) is 0 Å². The van der Waals surface area contributed by atoms with Crippen molar-refractivity contribution in [3.05, 3.63) is 0 Å². The van der Waals surface area contributed by atoms with Crippen molar-refractivity contribution < 1.29 is 9.59 Å². The van der Waals surface area contributed by atoms with Gasteiger partial charge in [-0.1, -0.05) is 19.1 Å². The molecule has 90 valence electrons. The van der Waals surface area contributed by atoms with E-state index in [4.69, 9.17) is 23.7 Å². The second-order valence-corrected chi connectivity index (χ2v) is 5.00. The number of thiocarbonyl (C=S) groups is 1. The molecule has 0 aromatic rings. The number of carbonyl (C=O) groups is 2. The number of hydrogen-bond donors (Lipinski definition) is 3. The Kier molecular flexibility index (Phi) is 3.52. The maximum atomic E-state index is 12.0. The summed E-state index contributed by atoms with van der Waals surface area (Å²) >= 11 is 4.93. The predicted octanol–water partition coefficient (Wildman–Crippen LogP) is -0.321. The lowest BCUT2D eigenvalue weighted by atomic mass is 9.62. The number of carbonyl (C=O) groups excluding carboxylic acids is 2. The Balaban J connectivity index is 2.71. The molecule has 0 aromatic carbocycles. The minimum atomic E-state index is -0.779. The molecule has 1 aliphatic rings. The first-order chi connectivity index (χ1) is 7.29. The van der Waals surface area contributed by atoms with Gasteiger partial charge in [0.15, 0.2) is 0 Å². The summed E-state index contributed by atoms with van der Waals surface area (Å²) in [6, 6.07) is -0.699. The molecule has 1 aliphatic carbocycles. The van der Waals surface area contributed by atoms with E-state index in [1.165, 1.54) is 6.92 Å². The third kappa shape index (κ3) is 2.16. The van der Waals surface area contributed by atoms with Crippen LogP contribution < -0.4 is 16.8 Å². The Morgan fingerprint density at radius 1 is 1.44 bits per heavy atom. The van der Waals surface area contributed by atoms with Gasteiger partial charge in [0.2, 0.25) is 11.8 Å². The monoisotopic (exact) mass is 243 g/mol. The Morgan fingerprint density at radius 3 is 2.25 bits per heavy atom. The van der Waals surface area contributed by atoms with Crippen molar-refractivity contribution >= 4 is 29.0 Å². The summed E-state index contributed by atoms with van der Waals surface area (Å²) < 4.78 is 0. The molecule has 16 heavy (non-hydrogen) atoms. The van der Waals surface area contributed by atoms with Gasteiger partial charge in [-0.25, -0.2) is 0 Å². The molecule has 1 rings (SSSR count). The van der Waals surface area contributed by atoms with E-state index in [1.54, 1.807) is 0 Å². The second kappa shape index (κ2) is 4.37. The maximum Gasteiger partial charge on any atom is 0.239 e. The summed E-state index contributed by atoms with van der Waals surface area (Å²) in [4.78, 5) is 23.0. The maximum absolute atomic E-state index is 12.0. The number of hydrogen-bond acceptors (Lipinski definition) is 3. The largest absolute Gasteiger partial charge is 0.392 e. The highest BCUT2D eigenvalue weighted by atomic mass is 32.1. The zero-order chi connectivity index (χ0) is 12.5. The number of primary amides is 1. The number of amides is 2. The van der Waals surface area contributed by atoms with E-state index < -0.39 is 17.4 Å². The van der Waals surface area contributed by atoms with Crippen LogP contribution in [-0.4, -0.2) is 22.8 Å². The van der Waals surface area contributed by atoms with Crippen LogP contribution in [0.4, 0.5) is 0 Å². The fraction of sp³-hybridized carbons (Fsp3) is 0.700. The molecule has 5 nitrogen and oxygen atoms in total. The molecule has 0 saturated heterocycles. The average molecular weight is 243 g/mol. The van der Waals surface area contributed by atoms with Crippen LogP contribution in [0.15, 0.2) is 0 Å². The summed E-state index contributed by atoms with van der Waals surface area (Å²) in [6.45, 7) is 3.57. The van der Waals surface area contributed by atoms with Crippen LogP contribution in [0.25, 0.3) is 0 Å². The predicted molar refractivity (Wildman–Crippen MR) is 64.4 cm³/mol. The third-order valence-corrected chi connectivity index (χ3v) is 3.47. The van der Waals surface area contributed by atoms with E-state index in [0.717, 1.165) is 0 Å². The molecule has 0 radical (unpaired) electrons. The standard InChI is InChI=1S/C10H17N3O2S/c1-5-3-10(4-5,8(12)16)9(15)13-6(2)7(11)14/h5-6H,3-4H2,1-2H3,(H2,11,14)(H2,12,16)(H,13,15). The van der Waals surface area contributed by atoms with Crippen LogP contribution in [0.5, 0.6) is 0 Å². The molecular formula is C10H17N3O2S. The van der Waals surface area contributed by atoms with Crippen molar-refractivity contribution in [3.8, 4) is 0 Å². The van der Waals surface area contributed by atoms with Gasteiger partial charge in [0.25, 0.3) is 0 Å². The third-order valence-electron chi connectivity index (χ3n) is 3.07. The van der Waals surface area contributed by atoms with E-state index in [0.29, 0.717) is 18.8 Å². The molecular weight excluding hydrogens is 226 g/mol. The van der Waals surface area contributed by atoms with Crippen LogP contribution in [0, 0.1) is 11.3 Å². The highest BCUT2D eigenvalue weighted by Gasteiger charge is 2.51. The second-order valence-electron chi connectivity index (χ2n) is 4.56. The van der Waals surface area contributed by atoms with Crippen LogP contribution in [0.1, 0.15) is 26.7 Å². The average Bonchev–Trinajstić information content (AvgIpc) is 2.11. The van der Waals surface area contributed by atoms with Gasteiger partial charge in [0.05, 0.1) is 10.4 Å². The molecule has 1 unspecified atom stereocenters. The molecule has 0 spiro atoms. The molecule has 0 aliphatic heterocycles. The zero-order valence-electron chi connectivity index (χ0n) is 9.45. The first-order valence-corrected chi connectivity index (χ1v) is 5.60. The lowest BCUT2D eigenvalue weighted by Gasteiger charge is -2.44. The summed E-state index contributed by atoms with van der Waals surface area (Å²) in [5.41, 5.74) is 9.90. The van der Waals surface area contributed by atoms with Crippen LogP contribution in [0.3, 0.4) is 0 Å². The Morgan fingerprint density at radius 2 is 1.94 bits per heavy atom.